The van der Waals surface area contributed by atoms with Crippen LogP contribution in [-0.4, -0.2) is 36.3 Å². The Morgan fingerprint density at radius 1 is 1.00 bits per heavy atom. The van der Waals surface area contributed by atoms with Crippen molar-refractivity contribution < 1.29 is 14.7 Å². The van der Waals surface area contributed by atoms with E-state index in [1.807, 2.05) is 60.0 Å². The number of carboxylic acids is 1. The number of benzene rings is 3. The summed E-state index contributed by atoms with van der Waals surface area (Å²) in [6.07, 6.45) is 2.50. The second-order valence-corrected chi connectivity index (χ2v) is 11.0. The highest BCUT2D eigenvalue weighted by molar-refractivity contribution is 6.40. The highest BCUT2D eigenvalue weighted by Gasteiger charge is 2.41. The van der Waals surface area contributed by atoms with Crippen molar-refractivity contribution in [3.8, 4) is 5.69 Å². The second-order valence-electron chi connectivity index (χ2n) is 10.2. The van der Waals surface area contributed by atoms with E-state index in [1.165, 1.54) is 0 Å². The Bertz CT molecular complexity index is 1790. The zero-order chi connectivity index (χ0) is 28.2. The number of carbonyl (C=O) groups excluding carboxylic acids is 1. The number of aryl methyl sites for hydroxylation is 2. The van der Waals surface area contributed by atoms with Crippen LogP contribution in [0.1, 0.15) is 49.8 Å². The van der Waals surface area contributed by atoms with Gasteiger partial charge in [-0.05, 0) is 56.5 Å². The summed E-state index contributed by atoms with van der Waals surface area (Å²) in [5, 5.41) is 18.7. The van der Waals surface area contributed by atoms with Gasteiger partial charge in [-0.3, -0.25) is 4.79 Å². The molecule has 2 aromatic heterocycles. The van der Waals surface area contributed by atoms with Crippen molar-refractivity contribution in [1.29, 1.82) is 0 Å². The molecular weight excluding hydrogens is 549 g/mol. The molecule has 2 N–H and O–H groups in total. The van der Waals surface area contributed by atoms with Gasteiger partial charge in [0, 0.05) is 16.6 Å². The molecule has 0 bridgehead atoms. The molecule has 1 aliphatic heterocycles. The third-order valence-corrected chi connectivity index (χ3v) is 8.16. The summed E-state index contributed by atoms with van der Waals surface area (Å²) in [5.74, 6) is -0.787. The van der Waals surface area contributed by atoms with Gasteiger partial charge in [-0.1, -0.05) is 65.2 Å². The molecule has 5 aromatic rings. The number of hydrogen-bond acceptors (Lipinski definition) is 4. The van der Waals surface area contributed by atoms with Gasteiger partial charge in [0.25, 0.3) is 5.91 Å². The number of carbonyl (C=O) groups is 2. The molecule has 6 rings (SSSR count). The van der Waals surface area contributed by atoms with Crippen molar-refractivity contribution >= 4 is 46.0 Å². The van der Waals surface area contributed by atoms with E-state index in [9.17, 15) is 14.7 Å². The number of nitrogens with one attached hydrogen (secondary N) is 1. The number of hydrogen-bond donors (Lipinski definition) is 2. The minimum atomic E-state index is -0.957. The summed E-state index contributed by atoms with van der Waals surface area (Å²) < 4.78 is 3.57. The van der Waals surface area contributed by atoms with Crippen LogP contribution in [-0.2, 0) is 18.5 Å². The van der Waals surface area contributed by atoms with Crippen LogP contribution in [0.15, 0.2) is 67.0 Å². The first kappa shape index (κ1) is 26.1. The van der Waals surface area contributed by atoms with Crippen LogP contribution >= 0.6 is 23.2 Å². The van der Waals surface area contributed by atoms with E-state index < -0.39 is 17.4 Å². The van der Waals surface area contributed by atoms with Crippen molar-refractivity contribution in [2.75, 3.05) is 0 Å². The molecule has 0 saturated carbocycles. The molecule has 0 fully saturated rings. The second kappa shape index (κ2) is 9.80. The fourth-order valence-corrected chi connectivity index (χ4v) is 6.35. The van der Waals surface area contributed by atoms with E-state index in [0.29, 0.717) is 41.8 Å². The fraction of sp³-hybridized carbons (Fsp3) is 0.200. The van der Waals surface area contributed by atoms with Crippen LogP contribution in [0.4, 0.5) is 0 Å². The summed E-state index contributed by atoms with van der Waals surface area (Å²) in [4.78, 5) is 30.4. The normalized spacial score (nSPS) is 16.6. The lowest BCUT2D eigenvalue weighted by Gasteiger charge is -2.40. The standard InChI is InChI=1S/C30H25Cl2N5O3/c1-17-8-9-24-21(12-17)26(29(39)40)25-10-11-30(15-36(24)25,19-6-4-3-5-7-19)34-28(38)27-22(31)13-20(14-23(27)32)37-16-33-18(2)35-37/h3-9,12-14,16H,10-11,15H2,1-2H3,(H,34,38)(H,39,40)/t30-/m1/s1. The smallest absolute Gasteiger partial charge is 0.338 e. The van der Waals surface area contributed by atoms with Gasteiger partial charge in [0.2, 0.25) is 0 Å². The molecule has 3 heterocycles. The number of aromatic carboxylic acids is 1. The van der Waals surface area contributed by atoms with Crippen LogP contribution in [0.2, 0.25) is 10.0 Å². The Kier molecular flexibility index (Phi) is 6.40. The zero-order valence-corrected chi connectivity index (χ0v) is 23.3. The molecule has 1 amide bonds. The van der Waals surface area contributed by atoms with Crippen LogP contribution in [0.5, 0.6) is 0 Å². The van der Waals surface area contributed by atoms with Gasteiger partial charge in [0.15, 0.2) is 0 Å². The summed E-state index contributed by atoms with van der Waals surface area (Å²) >= 11 is 13.3. The molecule has 0 aliphatic carbocycles. The average molecular weight is 574 g/mol. The first-order chi connectivity index (χ1) is 19.2. The van der Waals surface area contributed by atoms with Crippen molar-refractivity contribution in [3.05, 3.63) is 111 Å². The van der Waals surface area contributed by atoms with Crippen molar-refractivity contribution in [1.82, 2.24) is 24.6 Å². The van der Waals surface area contributed by atoms with Gasteiger partial charge in [0.1, 0.15) is 12.2 Å². The minimum absolute atomic E-state index is 0.157. The van der Waals surface area contributed by atoms with E-state index in [0.717, 1.165) is 22.3 Å². The Balaban J connectivity index is 1.44. The third kappa shape index (κ3) is 4.33. The first-order valence-corrected chi connectivity index (χ1v) is 13.5. The number of rotatable bonds is 5. The Morgan fingerprint density at radius 3 is 2.38 bits per heavy atom. The highest BCUT2D eigenvalue weighted by Crippen LogP contribution is 2.40. The molecule has 3 aromatic carbocycles. The fourth-order valence-electron chi connectivity index (χ4n) is 5.71. The van der Waals surface area contributed by atoms with Gasteiger partial charge in [-0.25, -0.2) is 14.5 Å². The molecule has 8 nitrogen and oxygen atoms in total. The largest absolute Gasteiger partial charge is 0.478 e. The van der Waals surface area contributed by atoms with E-state index >= 15 is 0 Å². The Morgan fingerprint density at radius 2 is 1.73 bits per heavy atom. The van der Waals surface area contributed by atoms with E-state index in [4.69, 9.17) is 23.2 Å². The van der Waals surface area contributed by atoms with Gasteiger partial charge < -0.3 is 15.0 Å². The molecule has 0 spiro atoms. The van der Waals surface area contributed by atoms with Gasteiger partial charge in [0.05, 0.1) is 38.9 Å². The van der Waals surface area contributed by atoms with E-state index in [1.54, 1.807) is 30.1 Å². The monoisotopic (exact) mass is 573 g/mol. The summed E-state index contributed by atoms with van der Waals surface area (Å²) in [6, 6.07) is 18.8. The maximum Gasteiger partial charge on any atom is 0.338 e. The number of fused-ring (bicyclic) bond motifs is 3. The molecule has 1 atom stereocenters. The van der Waals surface area contributed by atoms with Crippen LogP contribution in [0.3, 0.4) is 0 Å². The zero-order valence-electron chi connectivity index (χ0n) is 21.8. The lowest BCUT2D eigenvalue weighted by Crippen LogP contribution is -2.51. The maximum absolute atomic E-state index is 13.9. The summed E-state index contributed by atoms with van der Waals surface area (Å²) in [6.45, 7) is 4.06. The van der Waals surface area contributed by atoms with E-state index in [2.05, 4.69) is 15.4 Å². The van der Waals surface area contributed by atoms with Crippen molar-refractivity contribution in [2.45, 2.75) is 38.8 Å². The molecule has 0 unspecified atom stereocenters. The van der Waals surface area contributed by atoms with Gasteiger partial charge in [-0.2, -0.15) is 5.10 Å². The molecule has 40 heavy (non-hydrogen) atoms. The van der Waals surface area contributed by atoms with E-state index in [-0.39, 0.29) is 15.6 Å². The predicted octanol–water partition coefficient (Wildman–Crippen LogP) is 6.12. The topological polar surface area (TPSA) is 102 Å². The number of amides is 1. The lowest BCUT2D eigenvalue weighted by molar-refractivity contribution is 0.0693. The maximum atomic E-state index is 13.9. The number of nitrogens with zero attached hydrogens (tertiary/aromatic N) is 4. The molecule has 0 radical (unpaired) electrons. The number of aromatic nitrogens is 4. The molecular formula is C30H25Cl2N5O3. The van der Waals surface area contributed by atoms with Gasteiger partial charge in [-0.15, -0.1) is 0 Å². The summed E-state index contributed by atoms with van der Waals surface area (Å²) in [7, 11) is 0. The molecule has 202 valence electrons. The molecule has 10 heteroatoms. The SMILES string of the molecule is Cc1ccc2c(c1)c(C(=O)O)c1n2C[C@@](NC(=O)c2c(Cl)cc(-n3cnc(C)n3)cc2Cl)(c2ccccc2)CC1. The Hall–Kier alpha value is -4.14. The quantitative estimate of drug-likeness (QED) is 0.264. The molecule has 0 saturated heterocycles. The van der Waals surface area contributed by atoms with Gasteiger partial charge >= 0.3 is 5.97 Å². The average Bonchev–Trinajstić information content (AvgIpc) is 3.49. The number of halogens is 2. The minimum Gasteiger partial charge on any atom is -0.478 e. The van der Waals surface area contributed by atoms with Crippen molar-refractivity contribution in [2.24, 2.45) is 0 Å². The Labute approximate surface area is 240 Å². The predicted molar refractivity (Wildman–Crippen MR) is 154 cm³/mol. The molecule has 1 aliphatic rings. The lowest BCUT2D eigenvalue weighted by atomic mass is 9.81. The third-order valence-electron chi connectivity index (χ3n) is 7.56. The first-order valence-electron chi connectivity index (χ1n) is 12.8. The van der Waals surface area contributed by atoms with Crippen LogP contribution in [0, 0.1) is 13.8 Å². The van der Waals surface area contributed by atoms with Crippen LogP contribution < -0.4 is 5.32 Å². The summed E-state index contributed by atoms with van der Waals surface area (Å²) in [5.41, 5.74) is 3.67. The highest BCUT2D eigenvalue weighted by atomic mass is 35.5. The van der Waals surface area contributed by atoms with Crippen molar-refractivity contribution in [3.63, 3.8) is 0 Å². The number of carboxylic acid groups (broad SMARTS) is 1. The van der Waals surface area contributed by atoms with Crippen LogP contribution in [0.25, 0.3) is 16.6 Å².